The van der Waals surface area contributed by atoms with Gasteiger partial charge in [-0.05, 0) is 84.2 Å². The molecule has 15 heteroatoms. The summed E-state index contributed by atoms with van der Waals surface area (Å²) in [5.74, 6) is -2.20. The fourth-order valence-corrected chi connectivity index (χ4v) is 7.04. The molecule has 2 amide bonds. The Morgan fingerprint density at radius 1 is 1.06 bits per heavy atom. The van der Waals surface area contributed by atoms with E-state index < -0.39 is 62.1 Å². The molecule has 254 valence electrons. The smallest absolute Gasteiger partial charge is 0.430 e. The third-order valence-corrected chi connectivity index (χ3v) is 9.20. The van der Waals surface area contributed by atoms with Gasteiger partial charge in [0.15, 0.2) is 5.82 Å². The van der Waals surface area contributed by atoms with E-state index in [0.717, 1.165) is 23.5 Å². The van der Waals surface area contributed by atoms with Crippen molar-refractivity contribution in [3.8, 4) is 5.75 Å². The number of aromatic nitrogens is 1. The van der Waals surface area contributed by atoms with Crippen molar-refractivity contribution in [1.29, 1.82) is 0 Å². The Morgan fingerprint density at radius 2 is 1.70 bits per heavy atom. The first-order chi connectivity index (χ1) is 21.8. The molecule has 4 rings (SSSR count). The molecule has 47 heavy (non-hydrogen) atoms. The van der Waals surface area contributed by atoms with Gasteiger partial charge in [0.05, 0.1) is 16.6 Å². The van der Waals surface area contributed by atoms with E-state index in [1.165, 1.54) is 27.9 Å². The molecule has 0 radical (unpaired) electrons. The Balaban J connectivity index is 1.71. The second-order valence-electron chi connectivity index (χ2n) is 12.7. The number of hydrogen-bond acceptors (Lipinski definition) is 9. The zero-order chi connectivity index (χ0) is 34.9. The molecule has 10 nitrogen and oxygen atoms in total. The van der Waals surface area contributed by atoms with E-state index in [9.17, 15) is 22.4 Å². The maximum absolute atomic E-state index is 15.7. The lowest BCUT2D eigenvalue weighted by molar-refractivity contribution is 0.00901. The zero-order valence-corrected chi connectivity index (χ0v) is 29.3. The van der Waals surface area contributed by atoms with Crippen molar-refractivity contribution in [3.63, 3.8) is 0 Å². The van der Waals surface area contributed by atoms with Crippen LogP contribution in [0.1, 0.15) is 60.5 Å². The van der Waals surface area contributed by atoms with Gasteiger partial charge in [-0.25, -0.2) is 31.8 Å². The topological polar surface area (TPSA) is 115 Å². The Bertz CT molecular complexity index is 1750. The normalized spacial score (nSPS) is 16.3. The van der Waals surface area contributed by atoms with Crippen molar-refractivity contribution in [2.24, 2.45) is 0 Å². The third kappa shape index (κ3) is 8.59. The minimum atomic E-state index is -4.92. The van der Waals surface area contributed by atoms with Crippen molar-refractivity contribution in [2.75, 3.05) is 10.8 Å². The van der Waals surface area contributed by atoms with Crippen LogP contribution < -0.4 is 9.04 Å². The number of carbonyl (C=O) groups is 2. The number of amides is 2. The van der Waals surface area contributed by atoms with E-state index in [4.69, 9.17) is 25.8 Å². The number of hydrogen-bond donors (Lipinski definition) is 0. The molecule has 2 heterocycles. The number of sulfonamides is 1. The summed E-state index contributed by atoms with van der Waals surface area (Å²) < 4.78 is 74.3. The Kier molecular flexibility index (Phi) is 10.6. The van der Waals surface area contributed by atoms with Crippen LogP contribution in [0.3, 0.4) is 0 Å². The lowest BCUT2D eigenvalue weighted by Gasteiger charge is -2.40. The Morgan fingerprint density at radius 3 is 2.28 bits per heavy atom. The minimum Gasteiger partial charge on any atom is -0.487 e. The molecule has 3 aromatic rings. The molecule has 0 saturated carbocycles. The average Bonchev–Trinajstić information content (AvgIpc) is 3.46. The van der Waals surface area contributed by atoms with E-state index in [1.54, 1.807) is 60.6 Å². The van der Waals surface area contributed by atoms with Crippen molar-refractivity contribution in [1.82, 2.24) is 9.88 Å². The largest absolute Gasteiger partial charge is 0.487 e. The maximum Gasteiger partial charge on any atom is 0.430 e. The zero-order valence-electron chi connectivity index (χ0n) is 26.9. The first kappa shape index (κ1) is 36.1. The van der Waals surface area contributed by atoms with Gasteiger partial charge in [-0.3, -0.25) is 4.90 Å². The summed E-state index contributed by atoms with van der Waals surface area (Å²) in [6.45, 7) is 11.8. The lowest BCUT2D eigenvalue weighted by atomic mass is 9.90. The van der Waals surface area contributed by atoms with Gasteiger partial charge in [0.25, 0.3) is 10.0 Å². The van der Waals surface area contributed by atoms with Gasteiger partial charge in [0, 0.05) is 18.0 Å². The van der Waals surface area contributed by atoms with Crippen LogP contribution in [0.5, 0.6) is 5.75 Å². The molecule has 0 N–H and O–H groups in total. The number of halogens is 3. The van der Waals surface area contributed by atoms with Crippen LogP contribution in [0.15, 0.2) is 58.3 Å². The van der Waals surface area contributed by atoms with Crippen molar-refractivity contribution < 1.29 is 41.0 Å². The van der Waals surface area contributed by atoms with Crippen LogP contribution in [-0.4, -0.2) is 60.4 Å². The molecule has 0 fully saturated rings. The fourth-order valence-electron chi connectivity index (χ4n) is 4.84. The fraction of sp³-hybridized carbons (Fsp3) is 0.406. The number of anilines is 1. The molecule has 2 atom stereocenters. The SMILES string of the molecule is CC(Oc1cc(F)c(S(=O)(=O)N(C(=O)OC(C)(C)C)c2cscn2)cc1Cl)C1C(c2ccc(F)cc2)=CCCN1C(=O)OC(C)(C)C. The van der Waals surface area contributed by atoms with Gasteiger partial charge in [0.1, 0.15) is 39.6 Å². The molecule has 0 aliphatic carbocycles. The van der Waals surface area contributed by atoms with Crippen LogP contribution in [0, 0.1) is 11.6 Å². The first-order valence-corrected chi connectivity index (χ1v) is 17.3. The molecule has 0 spiro atoms. The lowest BCUT2D eigenvalue weighted by Crippen LogP contribution is -2.52. The highest BCUT2D eigenvalue weighted by atomic mass is 35.5. The predicted molar refractivity (Wildman–Crippen MR) is 175 cm³/mol. The number of carbonyl (C=O) groups excluding carboxylic acids is 2. The minimum absolute atomic E-state index is 0.221. The summed E-state index contributed by atoms with van der Waals surface area (Å²) in [5, 5.41) is 1.01. The predicted octanol–water partition coefficient (Wildman–Crippen LogP) is 8.07. The molecule has 1 aromatic heterocycles. The molecular weight excluding hydrogens is 676 g/mol. The summed E-state index contributed by atoms with van der Waals surface area (Å²) >= 11 is 7.52. The standard InChI is InChI=1S/C32H36ClF2N3O7S2/c1-19(28-22(20-10-12-21(34)13-11-20)9-8-14-37(28)29(39)44-31(2,3)4)43-25-16-24(35)26(15-23(25)33)47(41,42)38(27-17-46-18-36-27)30(40)45-32(5,6)7/h9-13,15-19,28H,8,14H2,1-7H3. The number of thiazole rings is 1. The molecule has 1 aliphatic rings. The third-order valence-electron chi connectivity index (χ3n) is 6.64. The summed E-state index contributed by atoms with van der Waals surface area (Å²) in [4.78, 5) is 30.9. The average molecular weight is 712 g/mol. The van der Waals surface area contributed by atoms with Crippen LogP contribution >= 0.6 is 22.9 Å². The van der Waals surface area contributed by atoms with Crippen LogP contribution in [0.25, 0.3) is 5.57 Å². The van der Waals surface area contributed by atoms with Gasteiger partial charge >= 0.3 is 12.2 Å². The summed E-state index contributed by atoms with van der Waals surface area (Å²) in [6, 6.07) is 6.57. The second-order valence-corrected chi connectivity index (χ2v) is 15.6. The van der Waals surface area contributed by atoms with E-state index in [1.807, 2.05) is 6.08 Å². The van der Waals surface area contributed by atoms with E-state index in [2.05, 4.69) is 4.98 Å². The summed E-state index contributed by atoms with van der Waals surface area (Å²) in [7, 11) is -4.92. The number of rotatable bonds is 7. The Labute approximate surface area is 281 Å². The molecule has 2 aromatic carbocycles. The quantitative estimate of drug-likeness (QED) is 0.242. The molecule has 2 unspecified atom stereocenters. The maximum atomic E-state index is 15.7. The molecule has 0 bridgehead atoms. The van der Waals surface area contributed by atoms with Gasteiger partial charge in [-0.1, -0.05) is 29.8 Å². The van der Waals surface area contributed by atoms with Crippen LogP contribution in [-0.2, 0) is 19.5 Å². The number of ether oxygens (including phenoxy) is 3. The van der Waals surface area contributed by atoms with E-state index in [0.29, 0.717) is 17.6 Å². The number of benzene rings is 2. The van der Waals surface area contributed by atoms with Crippen molar-refractivity contribution in [3.05, 3.63) is 75.6 Å². The van der Waals surface area contributed by atoms with E-state index in [-0.39, 0.29) is 27.4 Å². The van der Waals surface area contributed by atoms with Gasteiger partial charge in [-0.15, -0.1) is 15.6 Å². The molecular formula is C32H36ClF2N3O7S2. The van der Waals surface area contributed by atoms with Gasteiger partial charge in [-0.2, -0.15) is 0 Å². The van der Waals surface area contributed by atoms with Crippen LogP contribution in [0.4, 0.5) is 24.2 Å². The highest BCUT2D eigenvalue weighted by Crippen LogP contribution is 2.37. The number of nitrogens with zero attached hydrogens (tertiary/aromatic N) is 3. The summed E-state index contributed by atoms with van der Waals surface area (Å²) in [5.41, 5.74) is 0.704. The summed E-state index contributed by atoms with van der Waals surface area (Å²) in [6.07, 6.45) is -0.419. The molecule has 0 saturated heterocycles. The monoisotopic (exact) mass is 711 g/mol. The van der Waals surface area contributed by atoms with Crippen molar-refractivity contribution in [2.45, 2.75) is 83.1 Å². The van der Waals surface area contributed by atoms with Gasteiger partial charge in [0.2, 0.25) is 0 Å². The highest BCUT2D eigenvalue weighted by Gasteiger charge is 2.40. The second kappa shape index (κ2) is 13.8. The van der Waals surface area contributed by atoms with Crippen LogP contribution in [0.2, 0.25) is 5.02 Å². The van der Waals surface area contributed by atoms with Crippen molar-refractivity contribution >= 4 is 56.5 Å². The molecule has 1 aliphatic heterocycles. The first-order valence-electron chi connectivity index (χ1n) is 14.6. The Hall–Kier alpha value is -3.75. The van der Waals surface area contributed by atoms with E-state index >= 15 is 4.39 Å². The van der Waals surface area contributed by atoms with Gasteiger partial charge < -0.3 is 14.2 Å². The highest BCUT2D eigenvalue weighted by molar-refractivity contribution is 7.93.